The lowest BCUT2D eigenvalue weighted by molar-refractivity contribution is -0.384. The minimum Gasteiger partial charge on any atom is -0.348 e. The molecule has 0 N–H and O–H groups in total. The molecule has 1 saturated heterocycles. The molecule has 3 rings (SSSR count). The standard InChI is InChI=1S/C19H24N4O2/c1-2-22(19-18(23(24)25)9-6-12-20-19)17-10-13-21(14-11-17)15-16-7-4-3-5-8-16/h3-9,12,17H,2,10-11,13-15H2,1H3. The Morgan fingerprint density at radius 1 is 1.20 bits per heavy atom. The summed E-state index contributed by atoms with van der Waals surface area (Å²) in [5.41, 5.74) is 1.42. The molecule has 1 aliphatic rings. The molecule has 1 aliphatic heterocycles. The second kappa shape index (κ2) is 8.07. The Morgan fingerprint density at radius 2 is 1.92 bits per heavy atom. The first kappa shape index (κ1) is 17.4. The average molecular weight is 340 g/mol. The molecule has 0 saturated carbocycles. The zero-order valence-corrected chi connectivity index (χ0v) is 14.5. The summed E-state index contributed by atoms with van der Waals surface area (Å²) in [7, 11) is 0. The molecule has 0 bridgehead atoms. The van der Waals surface area contributed by atoms with Crippen LogP contribution in [-0.4, -0.2) is 40.5 Å². The number of nitrogens with zero attached hydrogens (tertiary/aromatic N) is 4. The van der Waals surface area contributed by atoms with Crippen molar-refractivity contribution in [3.05, 3.63) is 64.3 Å². The molecule has 1 fully saturated rings. The van der Waals surface area contributed by atoms with Crippen LogP contribution < -0.4 is 4.90 Å². The molecule has 0 amide bonds. The second-order valence-corrected chi connectivity index (χ2v) is 6.38. The van der Waals surface area contributed by atoms with Gasteiger partial charge in [0.05, 0.1) is 4.92 Å². The third-order valence-corrected chi connectivity index (χ3v) is 4.82. The van der Waals surface area contributed by atoms with E-state index < -0.39 is 0 Å². The van der Waals surface area contributed by atoms with Crippen LogP contribution in [0.2, 0.25) is 0 Å². The van der Waals surface area contributed by atoms with Gasteiger partial charge >= 0.3 is 5.69 Å². The molecule has 0 atom stereocenters. The molecule has 132 valence electrons. The fraction of sp³-hybridized carbons (Fsp3) is 0.421. The smallest absolute Gasteiger partial charge is 0.311 e. The lowest BCUT2D eigenvalue weighted by Gasteiger charge is -2.38. The van der Waals surface area contributed by atoms with Crippen molar-refractivity contribution in [2.75, 3.05) is 24.5 Å². The van der Waals surface area contributed by atoms with Gasteiger partial charge in [-0.15, -0.1) is 0 Å². The van der Waals surface area contributed by atoms with Crippen LogP contribution in [0.25, 0.3) is 0 Å². The van der Waals surface area contributed by atoms with Crippen LogP contribution >= 0.6 is 0 Å². The third-order valence-electron chi connectivity index (χ3n) is 4.82. The molecule has 0 aliphatic carbocycles. The third kappa shape index (κ3) is 4.14. The lowest BCUT2D eigenvalue weighted by atomic mass is 10.0. The number of pyridine rings is 1. The summed E-state index contributed by atoms with van der Waals surface area (Å²) < 4.78 is 0. The molecule has 2 aromatic rings. The van der Waals surface area contributed by atoms with E-state index in [9.17, 15) is 10.1 Å². The lowest BCUT2D eigenvalue weighted by Crippen LogP contribution is -2.45. The molecule has 6 heteroatoms. The topological polar surface area (TPSA) is 62.5 Å². The van der Waals surface area contributed by atoms with Crippen LogP contribution in [0, 0.1) is 10.1 Å². The van der Waals surface area contributed by atoms with Gasteiger partial charge in [0.2, 0.25) is 5.82 Å². The number of rotatable bonds is 6. The largest absolute Gasteiger partial charge is 0.348 e. The highest BCUT2D eigenvalue weighted by molar-refractivity contribution is 5.57. The summed E-state index contributed by atoms with van der Waals surface area (Å²) in [4.78, 5) is 19.8. The maximum absolute atomic E-state index is 11.3. The summed E-state index contributed by atoms with van der Waals surface area (Å²) in [6, 6.07) is 13.9. The predicted octanol–water partition coefficient (Wildman–Crippen LogP) is 3.48. The van der Waals surface area contributed by atoms with Gasteiger partial charge in [0.1, 0.15) is 0 Å². The maximum atomic E-state index is 11.3. The van der Waals surface area contributed by atoms with Gasteiger partial charge in [0.25, 0.3) is 0 Å². The minimum atomic E-state index is -0.338. The Hall–Kier alpha value is -2.47. The molecule has 0 unspecified atom stereocenters. The van der Waals surface area contributed by atoms with Crippen molar-refractivity contribution in [3.63, 3.8) is 0 Å². The highest BCUT2D eigenvalue weighted by Crippen LogP contribution is 2.29. The van der Waals surface area contributed by atoms with Crippen LogP contribution in [0.5, 0.6) is 0 Å². The van der Waals surface area contributed by atoms with E-state index in [-0.39, 0.29) is 10.6 Å². The van der Waals surface area contributed by atoms with Crippen molar-refractivity contribution in [1.82, 2.24) is 9.88 Å². The van der Waals surface area contributed by atoms with Crippen molar-refractivity contribution in [3.8, 4) is 0 Å². The summed E-state index contributed by atoms with van der Waals surface area (Å²) in [5.74, 6) is 0.497. The van der Waals surface area contributed by atoms with E-state index in [4.69, 9.17) is 0 Å². The number of likely N-dealkylation sites (tertiary alicyclic amines) is 1. The highest BCUT2D eigenvalue weighted by Gasteiger charge is 2.28. The summed E-state index contributed by atoms with van der Waals surface area (Å²) in [5, 5.41) is 11.3. The zero-order chi connectivity index (χ0) is 17.6. The van der Waals surface area contributed by atoms with Gasteiger partial charge in [-0.1, -0.05) is 30.3 Å². The number of nitro groups is 1. The van der Waals surface area contributed by atoms with Gasteiger partial charge < -0.3 is 4.90 Å². The predicted molar refractivity (Wildman–Crippen MR) is 98.7 cm³/mol. The average Bonchev–Trinajstić information content (AvgIpc) is 2.65. The molecule has 0 radical (unpaired) electrons. The van der Waals surface area contributed by atoms with Gasteiger partial charge in [-0.2, -0.15) is 0 Å². The Labute approximate surface area is 148 Å². The number of anilines is 1. The maximum Gasteiger partial charge on any atom is 0.311 e. The second-order valence-electron chi connectivity index (χ2n) is 6.38. The number of aromatic nitrogens is 1. The van der Waals surface area contributed by atoms with Crippen LogP contribution in [0.4, 0.5) is 11.5 Å². The van der Waals surface area contributed by atoms with E-state index in [2.05, 4.69) is 39.0 Å². The number of piperidine rings is 1. The SMILES string of the molecule is CCN(c1ncccc1[N+](=O)[O-])C1CCN(Cc2ccccc2)CC1. The Bertz CT molecular complexity index is 700. The molecular formula is C19H24N4O2. The van der Waals surface area contributed by atoms with Crippen LogP contribution in [0.1, 0.15) is 25.3 Å². The molecule has 2 heterocycles. The van der Waals surface area contributed by atoms with Crippen LogP contribution in [0.15, 0.2) is 48.7 Å². The zero-order valence-electron chi connectivity index (χ0n) is 14.5. The monoisotopic (exact) mass is 340 g/mol. The van der Waals surface area contributed by atoms with E-state index in [1.54, 1.807) is 12.3 Å². The molecule has 1 aromatic heterocycles. The summed E-state index contributed by atoms with van der Waals surface area (Å²) in [6.07, 6.45) is 3.62. The molecular weight excluding hydrogens is 316 g/mol. The van der Waals surface area contributed by atoms with Gasteiger partial charge in [0.15, 0.2) is 0 Å². The van der Waals surface area contributed by atoms with Crippen LogP contribution in [-0.2, 0) is 6.54 Å². The van der Waals surface area contributed by atoms with Crippen molar-refractivity contribution < 1.29 is 4.92 Å². The Morgan fingerprint density at radius 3 is 2.56 bits per heavy atom. The Balaban J connectivity index is 1.66. The van der Waals surface area contributed by atoms with Crippen molar-refractivity contribution >= 4 is 11.5 Å². The van der Waals surface area contributed by atoms with Gasteiger partial charge in [-0.3, -0.25) is 15.0 Å². The van der Waals surface area contributed by atoms with Crippen molar-refractivity contribution in [1.29, 1.82) is 0 Å². The van der Waals surface area contributed by atoms with E-state index in [1.165, 1.54) is 11.6 Å². The van der Waals surface area contributed by atoms with Crippen LogP contribution in [0.3, 0.4) is 0 Å². The quantitative estimate of drug-likeness (QED) is 0.595. The van der Waals surface area contributed by atoms with E-state index >= 15 is 0 Å². The molecule has 6 nitrogen and oxygen atoms in total. The van der Waals surface area contributed by atoms with Crippen molar-refractivity contribution in [2.24, 2.45) is 0 Å². The van der Waals surface area contributed by atoms with Gasteiger partial charge in [0, 0.05) is 44.5 Å². The summed E-state index contributed by atoms with van der Waals surface area (Å²) in [6.45, 7) is 5.72. The number of hydrogen-bond donors (Lipinski definition) is 0. The van der Waals surface area contributed by atoms with E-state index in [0.29, 0.717) is 11.9 Å². The Kier molecular flexibility index (Phi) is 5.60. The summed E-state index contributed by atoms with van der Waals surface area (Å²) >= 11 is 0. The first-order chi connectivity index (χ1) is 12.2. The first-order valence-corrected chi connectivity index (χ1v) is 8.81. The van der Waals surface area contributed by atoms with Gasteiger partial charge in [-0.05, 0) is 31.4 Å². The first-order valence-electron chi connectivity index (χ1n) is 8.81. The van der Waals surface area contributed by atoms with Crippen molar-refractivity contribution in [2.45, 2.75) is 32.4 Å². The fourth-order valence-electron chi connectivity index (χ4n) is 3.56. The number of hydrogen-bond acceptors (Lipinski definition) is 5. The fourth-order valence-corrected chi connectivity index (χ4v) is 3.56. The number of benzene rings is 1. The normalized spacial score (nSPS) is 15.9. The molecule has 25 heavy (non-hydrogen) atoms. The highest BCUT2D eigenvalue weighted by atomic mass is 16.6. The molecule has 1 aromatic carbocycles. The van der Waals surface area contributed by atoms with E-state index in [1.807, 2.05) is 13.0 Å². The van der Waals surface area contributed by atoms with E-state index in [0.717, 1.165) is 39.0 Å². The minimum absolute atomic E-state index is 0.0936. The van der Waals surface area contributed by atoms with Gasteiger partial charge in [-0.25, -0.2) is 4.98 Å². The molecule has 0 spiro atoms.